The van der Waals surface area contributed by atoms with Gasteiger partial charge in [0.15, 0.2) is 0 Å². The topological polar surface area (TPSA) is 12.0 Å². The van der Waals surface area contributed by atoms with Crippen molar-refractivity contribution in [3.63, 3.8) is 0 Å². The van der Waals surface area contributed by atoms with Gasteiger partial charge in [-0.15, -0.1) is 0 Å². The lowest BCUT2D eigenvalue weighted by molar-refractivity contribution is -0.0647. The Kier molecular flexibility index (Phi) is 3.72. The van der Waals surface area contributed by atoms with Gasteiger partial charge in [-0.05, 0) is 37.1 Å². The van der Waals surface area contributed by atoms with Gasteiger partial charge in [0.25, 0.3) is 5.92 Å². The molecule has 1 atom stereocenters. The second-order valence-electron chi connectivity index (χ2n) is 4.61. The van der Waals surface area contributed by atoms with Crippen LogP contribution in [-0.4, -0.2) is 19.0 Å². The van der Waals surface area contributed by atoms with Crippen molar-refractivity contribution in [3.05, 3.63) is 35.6 Å². The van der Waals surface area contributed by atoms with Gasteiger partial charge in [-0.2, -0.15) is 0 Å². The van der Waals surface area contributed by atoms with Gasteiger partial charge in [-0.1, -0.05) is 12.1 Å². The van der Waals surface area contributed by atoms with Gasteiger partial charge in [0.05, 0.1) is 0 Å². The Hall–Kier alpha value is -1.03. The fourth-order valence-corrected chi connectivity index (χ4v) is 2.23. The van der Waals surface area contributed by atoms with Crippen molar-refractivity contribution in [2.45, 2.75) is 25.2 Å². The SMILES string of the molecule is Fc1ccc(CC(F)(F)C2CCCNC2)cc1. The Morgan fingerprint density at radius 3 is 2.53 bits per heavy atom. The second kappa shape index (κ2) is 5.08. The highest BCUT2D eigenvalue weighted by Crippen LogP contribution is 2.32. The molecular weight excluding hydrogens is 227 g/mol. The van der Waals surface area contributed by atoms with Crippen molar-refractivity contribution in [1.29, 1.82) is 0 Å². The van der Waals surface area contributed by atoms with Crippen LogP contribution >= 0.6 is 0 Å². The van der Waals surface area contributed by atoms with E-state index in [2.05, 4.69) is 5.32 Å². The highest BCUT2D eigenvalue weighted by Gasteiger charge is 2.39. The van der Waals surface area contributed by atoms with E-state index in [0.717, 1.165) is 13.0 Å². The zero-order valence-corrected chi connectivity index (χ0v) is 9.56. The van der Waals surface area contributed by atoms with Crippen molar-refractivity contribution in [2.75, 3.05) is 13.1 Å². The summed E-state index contributed by atoms with van der Waals surface area (Å²) in [5.74, 6) is -3.72. The molecule has 1 nitrogen and oxygen atoms in total. The summed E-state index contributed by atoms with van der Waals surface area (Å²) in [4.78, 5) is 0. The molecule has 0 amide bonds. The summed E-state index contributed by atoms with van der Waals surface area (Å²) in [7, 11) is 0. The fraction of sp³-hybridized carbons (Fsp3) is 0.538. The summed E-state index contributed by atoms with van der Waals surface area (Å²) >= 11 is 0. The quantitative estimate of drug-likeness (QED) is 0.860. The van der Waals surface area contributed by atoms with Gasteiger partial charge in [-0.25, -0.2) is 13.2 Å². The molecule has 1 aromatic rings. The van der Waals surface area contributed by atoms with Gasteiger partial charge in [0.1, 0.15) is 5.82 Å². The number of nitrogens with one attached hydrogen (secondary N) is 1. The molecule has 1 aliphatic rings. The number of piperidine rings is 1. The first-order chi connectivity index (χ1) is 8.08. The van der Waals surface area contributed by atoms with Crippen LogP contribution in [-0.2, 0) is 6.42 Å². The van der Waals surface area contributed by atoms with Crippen molar-refractivity contribution in [2.24, 2.45) is 5.92 Å². The summed E-state index contributed by atoms with van der Waals surface area (Å²) in [6, 6.07) is 5.31. The zero-order valence-electron chi connectivity index (χ0n) is 9.56. The Labute approximate surface area is 99.0 Å². The van der Waals surface area contributed by atoms with E-state index in [0.29, 0.717) is 18.5 Å². The van der Waals surface area contributed by atoms with Crippen LogP contribution < -0.4 is 5.32 Å². The maximum atomic E-state index is 14.0. The standard InChI is InChI=1S/C13H16F3N/c14-12-5-3-10(4-6-12)8-13(15,16)11-2-1-7-17-9-11/h3-6,11,17H,1-2,7-9H2. The van der Waals surface area contributed by atoms with Crippen LogP contribution in [0.25, 0.3) is 0 Å². The number of hydrogen-bond acceptors (Lipinski definition) is 1. The van der Waals surface area contributed by atoms with Crippen molar-refractivity contribution < 1.29 is 13.2 Å². The van der Waals surface area contributed by atoms with Crippen molar-refractivity contribution >= 4 is 0 Å². The van der Waals surface area contributed by atoms with Crippen molar-refractivity contribution in [3.8, 4) is 0 Å². The summed E-state index contributed by atoms with van der Waals surface area (Å²) in [6.07, 6.45) is 1.05. The maximum Gasteiger partial charge on any atom is 0.256 e. The van der Waals surface area contributed by atoms with E-state index in [1.807, 2.05) is 0 Å². The minimum absolute atomic E-state index is 0.306. The molecular formula is C13H16F3N. The molecule has 1 N–H and O–H groups in total. The zero-order chi connectivity index (χ0) is 12.3. The lowest BCUT2D eigenvalue weighted by atomic mass is 9.89. The van der Waals surface area contributed by atoms with E-state index in [-0.39, 0.29) is 6.42 Å². The van der Waals surface area contributed by atoms with Crippen LogP contribution in [0, 0.1) is 11.7 Å². The molecule has 0 spiro atoms. The normalized spacial score (nSPS) is 21.5. The Bertz CT molecular complexity index is 355. The number of benzene rings is 1. The number of hydrogen-bond donors (Lipinski definition) is 1. The van der Waals surface area contributed by atoms with Crippen LogP contribution in [0.2, 0.25) is 0 Å². The third-order valence-electron chi connectivity index (χ3n) is 3.25. The lowest BCUT2D eigenvalue weighted by Gasteiger charge is -2.30. The first kappa shape index (κ1) is 12.4. The van der Waals surface area contributed by atoms with E-state index in [1.54, 1.807) is 0 Å². The second-order valence-corrected chi connectivity index (χ2v) is 4.61. The molecule has 1 heterocycles. The van der Waals surface area contributed by atoms with Crippen LogP contribution in [0.4, 0.5) is 13.2 Å². The number of rotatable bonds is 3. The predicted octanol–water partition coefficient (Wildman–Crippen LogP) is 3.00. The number of halogens is 3. The Morgan fingerprint density at radius 2 is 1.94 bits per heavy atom. The van der Waals surface area contributed by atoms with E-state index in [9.17, 15) is 13.2 Å². The number of alkyl halides is 2. The summed E-state index contributed by atoms with van der Waals surface area (Å²) < 4.78 is 40.6. The van der Waals surface area contributed by atoms with Gasteiger partial charge < -0.3 is 5.32 Å². The first-order valence-electron chi connectivity index (χ1n) is 5.91. The van der Waals surface area contributed by atoms with Crippen molar-refractivity contribution in [1.82, 2.24) is 5.32 Å². The van der Waals surface area contributed by atoms with Crippen LogP contribution in [0.15, 0.2) is 24.3 Å². The molecule has 1 saturated heterocycles. The Balaban J connectivity index is 2.02. The molecule has 0 aliphatic carbocycles. The largest absolute Gasteiger partial charge is 0.316 e. The van der Waals surface area contributed by atoms with E-state index < -0.39 is 17.7 Å². The van der Waals surface area contributed by atoms with Gasteiger partial charge in [0, 0.05) is 18.9 Å². The highest BCUT2D eigenvalue weighted by molar-refractivity contribution is 5.17. The van der Waals surface area contributed by atoms with Crippen LogP contribution in [0.1, 0.15) is 18.4 Å². The summed E-state index contributed by atoms with van der Waals surface area (Å²) in [5.41, 5.74) is 0.488. The third-order valence-corrected chi connectivity index (χ3v) is 3.25. The fourth-order valence-electron chi connectivity index (χ4n) is 2.23. The molecule has 94 valence electrons. The molecule has 0 saturated carbocycles. The minimum atomic E-state index is -2.72. The lowest BCUT2D eigenvalue weighted by Crippen LogP contribution is -2.41. The molecule has 0 aromatic heterocycles. The molecule has 1 unspecified atom stereocenters. The Morgan fingerprint density at radius 1 is 1.24 bits per heavy atom. The molecule has 4 heteroatoms. The first-order valence-corrected chi connectivity index (χ1v) is 5.91. The molecule has 0 radical (unpaired) electrons. The average Bonchev–Trinajstić information content (AvgIpc) is 2.33. The smallest absolute Gasteiger partial charge is 0.256 e. The molecule has 1 aromatic carbocycles. The van der Waals surface area contributed by atoms with Gasteiger partial charge in [0.2, 0.25) is 0 Å². The van der Waals surface area contributed by atoms with Crippen LogP contribution in [0.3, 0.4) is 0 Å². The van der Waals surface area contributed by atoms with E-state index >= 15 is 0 Å². The predicted molar refractivity (Wildman–Crippen MR) is 60.6 cm³/mol. The average molecular weight is 243 g/mol. The van der Waals surface area contributed by atoms with Crippen LogP contribution in [0.5, 0.6) is 0 Å². The monoisotopic (exact) mass is 243 g/mol. The highest BCUT2D eigenvalue weighted by atomic mass is 19.3. The van der Waals surface area contributed by atoms with E-state index in [1.165, 1.54) is 24.3 Å². The summed E-state index contributed by atoms with van der Waals surface area (Å²) in [5, 5.41) is 3.00. The van der Waals surface area contributed by atoms with Gasteiger partial charge >= 0.3 is 0 Å². The van der Waals surface area contributed by atoms with E-state index in [4.69, 9.17) is 0 Å². The molecule has 1 fully saturated rings. The molecule has 17 heavy (non-hydrogen) atoms. The van der Waals surface area contributed by atoms with Gasteiger partial charge in [-0.3, -0.25) is 0 Å². The summed E-state index contributed by atoms with van der Waals surface area (Å²) in [6.45, 7) is 1.19. The molecule has 1 aliphatic heterocycles. The maximum absolute atomic E-state index is 14.0. The molecule has 0 bridgehead atoms. The third kappa shape index (κ3) is 3.22. The minimum Gasteiger partial charge on any atom is -0.316 e. The molecule has 2 rings (SSSR count).